The molecule has 1 aromatic rings. The second-order valence-corrected chi connectivity index (χ2v) is 7.29. The molecule has 0 aliphatic carbocycles. The maximum atomic E-state index is 11.9. The molecule has 1 aromatic heterocycles. The van der Waals surface area contributed by atoms with Gasteiger partial charge in [-0.05, 0) is 26.0 Å². The van der Waals surface area contributed by atoms with Crippen LogP contribution in [0.15, 0.2) is 16.3 Å². The first-order chi connectivity index (χ1) is 8.18. The minimum atomic E-state index is -3.69. The quantitative estimate of drug-likeness (QED) is 0.820. The van der Waals surface area contributed by atoms with Crippen molar-refractivity contribution in [3.63, 3.8) is 0 Å². The van der Waals surface area contributed by atoms with E-state index in [0.717, 1.165) is 0 Å². The molecule has 1 heterocycles. The number of sulfonamides is 1. The monoisotopic (exact) mass is 293 g/mol. The molecule has 1 rings (SSSR count). The van der Waals surface area contributed by atoms with E-state index in [4.69, 9.17) is 9.84 Å². The van der Waals surface area contributed by atoms with Crippen LogP contribution < -0.4 is 4.72 Å². The average molecular weight is 293 g/mol. The van der Waals surface area contributed by atoms with E-state index >= 15 is 0 Å². The zero-order chi connectivity index (χ0) is 14.0. The summed E-state index contributed by atoms with van der Waals surface area (Å²) in [6.45, 7) is 3.59. The van der Waals surface area contributed by atoms with Gasteiger partial charge in [0.1, 0.15) is 9.09 Å². The van der Waals surface area contributed by atoms with Crippen LogP contribution in [0.2, 0.25) is 0 Å². The van der Waals surface area contributed by atoms with E-state index in [2.05, 4.69) is 4.72 Å². The van der Waals surface area contributed by atoms with Crippen LogP contribution in [0, 0.1) is 0 Å². The van der Waals surface area contributed by atoms with Crippen molar-refractivity contribution in [3.05, 3.63) is 17.0 Å². The van der Waals surface area contributed by atoms with Crippen molar-refractivity contribution in [2.24, 2.45) is 0 Å². The number of methoxy groups -OCH3 is 1. The topological polar surface area (TPSA) is 92.7 Å². The summed E-state index contributed by atoms with van der Waals surface area (Å²) in [4.78, 5) is 10.7. The highest BCUT2D eigenvalue weighted by molar-refractivity contribution is 7.91. The van der Waals surface area contributed by atoms with Crippen molar-refractivity contribution in [1.29, 1.82) is 0 Å². The molecule has 0 aliphatic heterocycles. The molecule has 0 bridgehead atoms. The van der Waals surface area contributed by atoms with Gasteiger partial charge in [0.25, 0.3) is 0 Å². The Hall–Kier alpha value is -0.960. The second kappa shape index (κ2) is 5.35. The normalized spacial score (nSPS) is 12.6. The molecule has 0 unspecified atom stereocenters. The Kier molecular flexibility index (Phi) is 4.49. The lowest BCUT2D eigenvalue weighted by atomic mass is 10.1. The van der Waals surface area contributed by atoms with Crippen molar-refractivity contribution < 1.29 is 23.1 Å². The van der Waals surface area contributed by atoms with E-state index in [1.165, 1.54) is 19.2 Å². The zero-order valence-electron chi connectivity index (χ0n) is 10.3. The lowest BCUT2D eigenvalue weighted by molar-refractivity contribution is 0.0276. The fourth-order valence-electron chi connectivity index (χ4n) is 0.992. The predicted molar refractivity (Wildman–Crippen MR) is 67.6 cm³/mol. The van der Waals surface area contributed by atoms with Crippen LogP contribution in [-0.2, 0) is 14.8 Å². The van der Waals surface area contributed by atoms with Gasteiger partial charge in [-0.1, -0.05) is 0 Å². The number of nitrogens with one attached hydrogen (secondary N) is 1. The van der Waals surface area contributed by atoms with Crippen molar-refractivity contribution in [1.82, 2.24) is 4.72 Å². The average Bonchev–Trinajstić information content (AvgIpc) is 2.77. The van der Waals surface area contributed by atoms with E-state index in [-0.39, 0.29) is 15.6 Å². The predicted octanol–water partition coefficient (Wildman–Crippen LogP) is 1.15. The van der Waals surface area contributed by atoms with Gasteiger partial charge in [0.15, 0.2) is 0 Å². The number of hydrogen-bond acceptors (Lipinski definition) is 5. The largest absolute Gasteiger partial charge is 0.477 e. The maximum absolute atomic E-state index is 11.9. The molecule has 6 nitrogen and oxygen atoms in total. The molecule has 0 fully saturated rings. The third-order valence-electron chi connectivity index (χ3n) is 2.30. The Labute approximate surface area is 110 Å². The van der Waals surface area contributed by atoms with Crippen molar-refractivity contribution in [3.8, 4) is 0 Å². The summed E-state index contributed by atoms with van der Waals surface area (Å²) in [5.41, 5.74) is -0.625. The highest BCUT2D eigenvalue weighted by atomic mass is 32.2. The number of aromatic carboxylic acids is 1. The number of carbonyl (C=O) groups is 1. The van der Waals surface area contributed by atoms with Crippen LogP contribution in [0.3, 0.4) is 0 Å². The van der Waals surface area contributed by atoms with Gasteiger partial charge in [0.2, 0.25) is 10.0 Å². The van der Waals surface area contributed by atoms with Crippen LogP contribution >= 0.6 is 11.3 Å². The van der Waals surface area contributed by atoms with Gasteiger partial charge in [0.05, 0.1) is 5.60 Å². The number of thiophene rings is 1. The van der Waals surface area contributed by atoms with Crippen molar-refractivity contribution in [2.45, 2.75) is 23.7 Å². The summed E-state index contributed by atoms with van der Waals surface area (Å²) in [5.74, 6) is -1.14. The Morgan fingerprint density at radius 3 is 2.56 bits per heavy atom. The van der Waals surface area contributed by atoms with Crippen LogP contribution in [0.5, 0.6) is 0 Å². The van der Waals surface area contributed by atoms with Gasteiger partial charge in [-0.2, -0.15) is 0 Å². The Balaban J connectivity index is 2.83. The van der Waals surface area contributed by atoms with Crippen LogP contribution in [0.1, 0.15) is 23.5 Å². The number of ether oxygens (including phenoxy) is 1. The van der Waals surface area contributed by atoms with Crippen LogP contribution in [0.4, 0.5) is 0 Å². The number of hydrogen-bond donors (Lipinski definition) is 2. The molecular weight excluding hydrogens is 278 g/mol. The third-order valence-corrected chi connectivity index (χ3v) is 5.26. The van der Waals surface area contributed by atoms with Gasteiger partial charge in [-0.25, -0.2) is 17.9 Å². The lowest BCUT2D eigenvalue weighted by Gasteiger charge is -2.22. The van der Waals surface area contributed by atoms with Gasteiger partial charge in [0, 0.05) is 13.7 Å². The highest BCUT2D eigenvalue weighted by Gasteiger charge is 2.23. The van der Waals surface area contributed by atoms with Gasteiger partial charge >= 0.3 is 5.97 Å². The third kappa shape index (κ3) is 3.77. The Bertz CT molecular complexity index is 532. The fraction of sp³-hybridized carbons (Fsp3) is 0.500. The van der Waals surface area contributed by atoms with Crippen LogP contribution in [0.25, 0.3) is 0 Å². The first kappa shape index (κ1) is 15.1. The zero-order valence-corrected chi connectivity index (χ0v) is 11.9. The second-order valence-electron chi connectivity index (χ2n) is 4.21. The van der Waals surface area contributed by atoms with Crippen molar-refractivity contribution in [2.75, 3.05) is 13.7 Å². The fourth-order valence-corrected chi connectivity index (χ4v) is 3.38. The summed E-state index contributed by atoms with van der Waals surface area (Å²) >= 11 is 0.715. The molecule has 102 valence electrons. The molecular formula is C10H15NO5S2. The van der Waals surface area contributed by atoms with Gasteiger partial charge < -0.3 is 9.84 Å². The minimum Gasteiger partial charge on any atom is -0.477 e. The lowest BCUT2D eigenvalue weighted by Crippen LogP contribution is -2.39. The summed E-state index contributed by atoms with van der Waals surface area (Å²) < 4.78 is 31.2. The maximum Gasteiger partial charge on any atom is 0.345 e. The Morgan fingerprint density at radius 2 is 2.11 bits per heavy atom. The summed E-state index contributed by atoms with van der Waals surface area (Å²) in [7, 11) is -2.20. The van der Waals surface area contributed by atoms with E-state index in [1.807, 2.05) is 0 Å². The summed E-state index contributed by atoms with van der Waals surface area (Å²) in [6.07, 6.45) is 0. The highest BCUT2D eigenvalue weighted by Crippen LogP contribution is 2.21. The molecule has 0 saturated heterocycles. The first-order valence-electron chi connectivity index (χ1n) is 5.06. The van der Waals surface area contributed by atoms with Crippen molar-refractivity contribution >= 4 is 27.3 Å². The Morgan fingerprint density at radius 1 is 1.50 bits per heavy atom. The minimum absolute atomic E-state index is 0.0126. The van der Waals surface area contributed by atoms with E-state index in [0.29, 0.717) is 11.3 Å². The molecule has 18 heavy (non-hydrogen) atoms. The molecule has 0 aliphatic rings. The molecule has 0 aromatic carbocycles. The number of carboxylic acids is 1. The SMILES string of the molecule is COC(C)(C)CNS(=O)(=O)c1ccc(C(=O)O)s1. The van der Waals surface area contributed by atoms with E-state index in [9.17, 15) is 13.2 Å². The molecule has 0 saturated carbocycles. The van der Waals surface area contributed by atoms with Gasteiger partial charge in [-0.15, -0.1) is 11.3 Å². The molecule has 8 heteroatoms. The summed E-state index contributed by atoms with van der Waals surface area (Å²) in [6, 6.07) is 2.54. The summed E-state index contributed by atoms with van der Waals surface area (Å²) in [5, 5.41) is 8.74. The first-order valence-corrected chi connectivity index (χ1v) is 7.36. The number of carboxylic acid groups (broad SMARTS) is 1. The standard InChI is InChI=1S/C10H15NO5S2/c1-10(2,16-3)6-11-18(14,15)8-5-4-7(17-8)9(12)13/h4-5,11H,6H2,1-3H3,(H,12,13). The molecule has 0 spiro atoms. The van der Waals surface area contributed by atoms with Crippen LogP contribution in [-0.4, -0.2) is 38.7 Å². The van der Waals surface area contributed by atoms with Gasteiger partial charge in [-0.3, -0.25) is 0 Å². The smallest absolute Gasteiger partial charge is 0.345 e. The molecule has 0 atom stereocenters. The molecule has 0 radical (unpaired) electrons. The van der Waals surface area contributed by atoms with E-state index < -0.39 is 21.6 Å². The van der Waals surface area contributed by atoms with E-state index in [1.54, 1.807) is 13.8 Å². The molecule has 0 amide bonds. The molecule has 2 N–H and O–H groups in total. The number of rotatable bonds is 6.